The van der Waals surface area contributed by atoms with Gasteiger partial charge in [0.15, 0.2) is 0 Å². The fourth-order valence-electron chi connectivity index (χ4n) is 3.53. The number of hydrogen-bond acceptors (Lipinski definition) is 6. The zero-order valence-corrected chi connectivity index (χ0v) is 20.5. The first kappa shape index (κ1) is 25.7. The number of para-hydroxylation sites is 1. The summed E-state index contributed by atoms with van der Waals surface area (Å²) < 4.78 is 31.8. The van der Waals surface area contributed by atoms with Crippen LogP contribution in [0.25, 0.3) is 0 Å². The molecule has 10 heteroatoms. The highest BCUT2D eigenvalue weighted by Gasteiger charge is 2.24. The van der Waals surface area contributed by atoms with Gasteiger partial charge < -0.3 is 10.1 Å². The molecule has 0 aliphatic heterocycles. The molecule has 0 spiro atoms. The van der Waals surface area contributed by atoms with Crippen molar-refractivity contribution in [1.82, 2.24) is 5.32 Å². The van der Waals surface area contributed by atoms with E-state index in [4.69, 9.17) is 4.74 Å². The van der Waals surface area contributed by atoms with Crippen molar-refractivity contribution in [3.8, 4) is 5.75 Å². The molecule has 1 N–H and O–H groups in total. The van der Waals surface area contributed by atoms with Crippen LogP contribution in [0.1, 0.15) is 27.0 Å². The molecule has 0 unspecified atom stereocenters. The van der Waals surface area contributed by atoms with Gasteiger partial charge in [0.1, 0.15) is 12.4 Å². The number of anilines is 1. The van der Waals surface area contributed by atoms with Crippen LogP contribution in [-0.4, -0.2) is 38.7 Å². The molecule has 184 valence electrons. The molecule has 3 rings (SSSR count). The monoisotopic (exact) mass is 497 g/mol. The van der Waals surface area contributed by atoms with E-state index in [1.165, 1.54) is 25.1 Å². The minimum Gasteiger partial charge on any atom is -0.491 e. The third kappa shape index (κ3) is 6.57. The second kappa shape index (κ2) is 11.0. The number of ether oxygens (including phenoxy) is 1. The maximum atomic E-state index is 12.5. The average molecular weight is 498 g/mol. The molecular weight excluding hydrogens is 470 g/mol. The molecule has 35 heavy (non-hydrogen) atoms. The number of hydrogen-bond donors (Lipinski definition) is 1. The number of carbonyl (C=O) groups excluding carboxylic acids is 1. The van der Waals surface area contributed by atoms with Crippen LogP contribution in [0.15, 0.2) is 66.7 Å². The van der Waals surface area contributed by atoms with Gasteiger partial charge >= 0.3 is 0 Å². The van der Waals surface area contributed by atoms with Crippen LogP contribution in [0.3, 0.4) is 0 Å². The summed E-state index contributed by atoms with van der Waals surface area (Å²) >= 11 is 0. The molecule has 3 aromatic carbocycles. The molecule has 0 saturated heterocycles. The van der Waals surface area contributed by atoms with Gasteiger partial charge in [-0.1, -0.05) is 36.4 Å². The highest BCUT2D eigenvalue weighted by atomic mass is 32.2. The van der Waals surface area contributed by atoms with Crippen molar-refractivity contribution in [3.05, 3.63) is 99.1 Å². The van der Waals surface area contributed by atoms with E-state index in [1.807, 2.05) is 31.2 Å². The lowest BCUT2D eigenvalue weighted by Crippen LogP contribution is -2.30. The van der Waals surface area contributed by atoms with Crippen LogP contribution in [0, 0.1) is 24.0 Å². The third-order valence-electron chi connectivity index (χ3n) is 5.42. The smallest absolute Gasteiger partial charge is 0.274 e. The van der Waals surface area contributed by atoms with Gasteiger partial charge in [0, 0.05) is 11.6 Å². The van der Waals surface area contributed by atoms with E-state index in [1.54, 1.807) is 24.3 Å². The van der Waals surface area contributed by atoms with E-state index >= 15 is 0 Å². The molecule has 0 aromatic heterocycles. The van der Waals surface area contributed by atoms with Crippen molar-refractivity contribution in [2.45, 2.75) is 20.4 Å². The van der Waals surface area contributed by atoms with Crippen LogP contribution < -0.4 is 14.4 Å². The van der Waals surface area contributed by atoms with Crippen LogP contribution in [0.2, 0.25) is 0 Å². The molecule has 0 saturated carbocycles. The normalized spacial score (nSPS) is 11.1. The Labute approximate surface area is 204 Å². The molecular formula is C25H27N3O6S. The number of nitro groups is 1. The highest BCUT2D eigenvalue weighted by Crippen LogP contribution is 2.31. The number of amides is 1. The Hall–Kier alpha value is -3.92. The molecule has 0 radical (unpaired) electrons. The summed E-state index contributed by atoms with van der Waals surface area (Å²) in [5.41, 5.74) is 2.39. The topological polar surface area (TPSA) is 119 Å². The fraction of sp³-hybridized carbons (Fsp3) is 0.240. The number of aryl methyl sites for hydroxylation is 1. The van der Waals surface area contributed by atoms with E-state index < -0.39 is 14.9 Å². The Balaban J connectivity index is 1.66. The summed E-state index contributed by atoms with van der Waals surface area (Å²) in [4.78, 5) is 23.2. The van der Waals surface area contributed by atoms with Crippen LogP contribution in [0.4, 0.5) is 11.4 Å². The summed E-state index contributed by atoms with van der Waals surface area (Å²) in [5, 5.41) is 14.1. The number of nitrogens with one attached hydrogen (secondary N) is 1. The van der Waals surface area contributed by atoms with Crippen molar-refractivity contribution in [2.75, 3.05) is 23.7 Å². The van der Waals surface area contributed by atoms with Crippen LogP contribution in [0.5, 0.6) is 5.75 Å². The molecule has 0 aliphatic carbocycles. The molecule has 3 aromatic rings. The second-order valence-corrected chi connectivity index (χ2v) is 9.92. The van der Waals surface area contributed by atoms with Gasteiger partial charge in [-0.3, -0.25) is 19.2 Å². The number of nitro benzene ring substituents is 1. The number of rotatable bonds is 10. The number of sulfonamides is 1. The van der Waals surface area contributed by atoms with Gasteiger partial charge in [-0.25, -0.2) is 8.42 Å². The van der Waals surface area contributed by atoms with Gasteiger partial charge in [0.05, 0.1) is 35.5 Å². The summed E-state index contributed by atoms with van der Waals surface area (Å²) in [6, 6.07) is 18.5. The Kier molecular flexibility index (Phi) is 8.08. The third-order valence-corrected chi connectivity index (χ3v) is 6.55. The first-order chi connectivity index (χ1) is 16.6. The van der Waals surface area contributed by atoms with Gasteiger partial charge in [0.25, 0.3) is 11.6 Å². The summed E-state index contributed by atoms with van der Waals surface area (Å²) in [5.74, 6) is 0.486. The lowest BCUT2D eigenvalue weighted by Gasteiger charge is -2.24. The first-order valence-electron chi connectivity index (χ1n) is 10.8. The Morgan fingerprint density at radius 2 is 1.71 bits per heavy atom. The summed E-state index contributed by atoms with van der Waals surface area (Å²) in [6.07, 6.45) is 1.05. The first-order valence-corrected chi connectivity index (χ1v) is 12.7. The molecule has 0 fully saturated rings. The van der Waals surface area contributed by atoms with Gasteiger partial charge in [-0.05, 0) is 49.2 Å². The van der Waals surface area contributed by atoms with Crippen molar-refractivity contribution in [2.24, 2.45) is 0 Å². The van der Waals surface area contributed by atoms with Crippen LogP contribution >= 0.6 is 0 Å². The molecule has 0 atom stereocenters. The lowest BCUT2D eigenvalue weighted by atomic mass is 10.1. The summed E-state index contributed by atoms with van der Waals surface area (Å²) in [6.45, 7) is 4.07. The van der Waals surface area contributed by atoms with E-state index in [-0.39, 0.29) is 29.4 Å². The number of benzene rings is 3. The zero-order valence-electron chi connectivity index (χ0n) is 19.7. The Morgan fingerprint density at radius 1 is 1.03 bits per heavy atom. The maximum absolute atomic E-state index is 12.5. The predicted octanol–water partition coefficient (Wildman–Crippen LogP) is 3.99. The quantitative estimate of drug-likeness (QED) is 0.257. The maximum Gasteiger partial charge on any atom is 0.274 e. The van der Waals surface area contributed by atoms with E-state index in [2.05, 4.69) is 5.32 Å². The largest absolute Gasteiger partial charge is 0.491 e. The van der Waals surface area contributed by atoms with Gasteiger partial charge in [-0.2, -0.15) is 0 Å². The van der Waals surface area contributed by atoms with Crippen molar-refractivity contribution >= 4 is 27.3 Å². The van der Waals surface area contributed by atoms with E-state index in [9.17, 15) is 23.3 Å². The minimum atomic E-state index is -3.73. The number of nitrogens with zero attached hydrogens (tertiary/aromatic N) is 2. The fourth-order valence-corrected chi connectivity index (χ4v) is 4.47. The minimum absolute atomic E-state index is 0.0347. The lowest BCUT2D eigenvalue weighted by molar-refractivity contribution is -0.385. The van der Waals surface area contributed by atoms with E-state index in [0.29, 0.717) is 24.3 Å². The molecule has 1 amide bonds. The van der Waals surface area contributed by atoms with Gasteiger partial charge in [0.2, 0.25) is 10.0 Å². The predicted molar refractivity (Wildman–Crippen MR) is 134 cm³/mol. The van der Waals surface area contributed by atoms with E-state index in [0.717, 1.165) is 21.9 Å². The Bertz CT molecular complexity index is 1320. The van der Waals surface area contributed by atoms with Crippen molar-refractivity contribution in [3.63, 3.8) is 0 Å². The molecule has 0 heterocycles. The summed E-state index contributed by atoms with van der Waals surface area (Å²) in [7, 11) is -3.73. The van der Waals surface area contributed by atoms with Gasteiger partial charge in [-0.15, -0.1) is 0 Å². The molecule has 9 nitrogen and oxygen atoms in total. The highest BCUT2D eigenvalue weighted by molar-refractivity contribution is 7.92. The van der Waals surface area contributed by atoms with Crippen molar-refractivity contribution in [1.29, 1.82) is 0 Å². The van der Waals surface area contributed by atoms with Crippen LogP contribution in [-0.2, 0) is 16.6 Å². The SMILES string of the molecule is Cc1ccccc1OCCNC(=O)c1ccc(CN(c2cccc([N+](=O)[O-])c2C)S(C)(=O)=O)cc1. The average Bonchev–Trinajstić information content (AvgIpc) is 2.81. The van der Waals surface area contributed by atoms with Crippen molar-refractivity contribution < 1.29 is 22.9 Å². The second-order valence-electron chi connectivity index (χ2n) is 8.01. The Morgan fingerprint density at radius 3 is 2.34 bits per heavy atom. The standard InChI is InChI=1S/C25H27N3O6S/c1-18-7-4-5-10-24(18)34-16-15-26-25(29)21-13-11-20(12-14-21)17-27(35(3,32)33)22-8-6-9-23(19(22)2)28(30)31/h4-14H,15-17H2,1-3H3,(H,26,29). The zero-order chi connectivity index (χ0) is 25.6. The molecule has 0 bridgehead atoms. The molecule has 0 aliphatic rings. The number of carbonyl (C=O) groups is 1.